The van der Waals surface area contributed by atoms with Crippen LogP contribution in [-0.2, 0) is 12.4 Å². The Morgan fingerprint density at radius 3 is 2.09 bits per heavy atom. The van der Waals surface area contributed by atoms with E-state index in [1.807, 2.05) is 10.4 Å². The van der Waals surface area contributed by atoms with Gasteiger partial charge in [-0.15, -0.1) is 0 Å². The molecule has 0 fully saturated rings. The molecule has 2 N–H and O–H groups in total. The van der Waals surface area contributed by atoms with Gasteiger partial charge in [-0.1, -0.05) is 0 Å². The van der Waals surface area contributed by atoms with E-state index in [1.54, 1.807) is 0 Å². The summed E-state index contributed by atoms with van der Waals surface area (Å²) in [6.07, 6.45) is -9.87. The summed E-state index contributed by atoms with van der Waals surface area (Å²) in [7, 11) is 0. The van der Waals surface area contributed by atoms with Crippen molar-refractivity contribution in [3.63, 3.8) is 0 Å². The lowest BCUT2D eigenvalue weighted by Gasteiger charge is -2.14. The number of nitrogens with zero attached hydrogens (tertiary/aromatic N) is 2. The number of halogens is 6. The Kier molecular flexibility index (Phi) is 5.28. The van der Waals surface area contributed by atoms with Gasteiger partial charge in [0.25, 0.3) is 11.6 Å². The van der Waals surface area contributed by atoms with Crippen LogP contribution in [0.4, 0.5) is 32.0 Å². The van der Waals surface area contributed by atoms with E-state index in [1.165, 1.54) is 0 Å². The van der Waals surface area contributed by atoms with E-state index in [2.05, 4.69) is 0 Å². The second kappa shape index (κ2) is 7.51. The first-order valence-electron chi connectivity index (χ1n) is 8.23. The van der Waals surface area contributed by atoms with Gasteiger partial charge in [-0.05, 0) is 30.3 Å². The van der Waals surface area contributed by atoms with E-state index in [9.17, 15) is 50.8 Å². The van der Waals surface area contributed by atoms with Gasteiger partial charge in [-0.2, -0.15) is 26.3 Å². The maximum atomic E-state index is 13.2. The highest BCUT2D eigenvalue weighted by Gasteiger charge is 2.39. The predicted octanol–water partition coefficient (Wildman–Crippen LogP) is 3.02. The number of alkyl halides is 6. The Hall–Kier alpha value is -4.17. The Balaban J connectivity index is 2.15. The summed E-state index contributed by atoms with van der Waals surface area (Å²) in [6, 6.07) is 3.17. The molecule has 0 aliphatic heterocycles. The van der Waals surface area contributed by atoms with Crippen LogP contribution in [0.1, 0.15) is 21.5 Å². The Morgan fingerprint density at radius 1 is 1.00 bits per heavy atom. The first-order valence-corrected chi connectivity index (χ1v) is 8.23. The van der Waals surface area contributed by atoms with E-state index in [4.69, 9.17) is 0 Å². The minimum Gasteiger partial charge on any atom is -0.316 e. The summed E-state index contributed by atoms with van der Waals surface area (Å²) in [5.74, 6) is -1.21. The van der Waals surface area contributed by atoms with Crippen molar-refractivity contribution in [3.8, 4) is 0 Å². The maximum absolute atomic E-state index is 13.2. The minimum atomic E-state index is -5.18. The smallest absolute Gasteiger partial charge is 0.316 e. The fourth-order valence-electron chi connectivity index (χ4n) is 2.71. The lowest BCUT2D eigenvalue weighted by Crippen LogP contribution is -2.42. The number of hydrogen-bond donors (Lipinski definition) is 2. The number of fused-ring (bicyclic) bond motifs is 1. The average molecular weight is 462 g/mol. The first kappa shape index (κ1) is 22.5. The second-order valence-electron chi connectivity index (χ2n) is 6.25. The standard InChI is InChI=1S/C17H8F6N4O5/c18-16(19,20)8-3-1-7(2-4-8)13(28)25-26-12-6-11(27(31)32)9(17(21,22)23)5-10(12)24-14(29)15(26)30/h1-6H,(H,24,29)(H,25,28). The van der Waals surface area contributed by atoms with Crippen molar-refractivity contribution >= 4 is 22.6 Å². The topological polar surface area (TPSA) is 127 Å². The molecule has 32 heavy (non-hydrogen) atoms. The molecule has 0 radical (unpaired) electrons. The molecule has 0 saturated heterocycles. The normalized spacial score (nSPS) is 12.1. The van der Waals surface area contributed by atoms with Crippen LogP contribution in [0.3, 0.4) is 0 Å². The molecule has 3 rings (SSSR count). The van der Waals surface area contributed by atoms with Gasteiger partial charge < -0.3 is 4.98 Å². The number of hydrogen-bond acceptors (Lipinski definition) is 5. The zero-order valence-corrected chi connectivity index (χ0v) is 15.2. The van der Waals surface area contributed by atoms with Crippen molar-refractivity contribution in [2.24, 2.45) is 0 Å². The molecule has 3 aromatic rings. The maximum Gasteiger partial charge on any atom is 0.423 e. The van der Waals surface area contributed by atoms with Crippen LogP contribution in [-0.4, -0.2) is 20.5 Å². The fourth-order valence-corrected chi connectivity index (χ4v) is 2.71. The van der Waals surface area contributed by atoms with Crippen molar-refractivity contribution in [1.82, 2.24) is 9.66 Å². The zero-order valence-electron chi connectivity index (χ0n) is 15.2. The van der Waals surface area contributed by atoms with Crippen molar-refractivity contribution in [2.75, 3.05) is 5.43 Å². The summed E-state index contributed by atoms with van der Waals surface area (Å²) < 4.78 is 77.5. The van der Waals surface area contributed by atoms with Crippen LogP contribution < -0.4 is 16.5 Å². The molecular weight excluding hydrogens is 454 g/mol. The van der Waals surface area contributed by atoms with Gasteiger partial charge in [-0.3, -0.25) is 29.9 Å². The van der Waals surface area contributed by atoms with E-state index in [0.29, 0.717) is 18.2 Å². The molecule has 168 valence electrons. The monoisotopic (exact) mass is 462 g/mol. The van der Waals surface area contributed by atoms with Gasteiger partial charge in [0.15, 0.2) is 0 Å². The molecule has 2 aromatic carbocycles. The third kappa shape index (κ3) is 4.17. The molecule has 0 aliphatic carbocycles. The molecule has 0 spiro atoms. The van der Waals surface area contributed by atoms with Crippen LogP contribution in [0.2, 0.25) is 0 Å². The van der Waals surface area contributed by atoms with Crippen LogP contribution in [0.15, 0.2) is 46.0 Å². The highest BCUT2D eigenvalue weighted by Crippen LogP contribution is 2.37. The molecule has 9 nitrogen and oxygen atoms in total. The largest absolute Gasteiger partial charge is 0.423 e. The molecule has 1 amide bonds. The number of carbonyl (C=O) groups is 1. The number of rotatable bonds is 3. The number of nitro benzene ring substituents is 1. The lowest BCUT2D eigenvalue weighted by atomic mass is 10.1. The first-order chi connectivity index (χ1) is 14.7. The molecule has 15 heteroatoms. The molecule has 1 heterocycles. The van der Waals surface area contributed by atoms with Gasteiger partial charge in [0, 0.05) is 11.6 Å². The molecular formula is C17H8F6N4O5. The molecule has 0 bridgehead atoms. The summed E-state index contributed by atoms with van der Waals surface area (Å²) in [5, 5.41) is 11.1. The summed E-state index contributed by atoms with van der Waals surface area (Å²) >= 11 is 0. The molecule has 0 unspecified atom stereocenters. The Morgan fingerprint density at radius 2 is 1.59 bits per heavy atom. The summed E-state index contributed by atoms with van der Waals surface area (Å²) in [4.78, 5) is 47.9. The van der Waals surface area contributed by atoms with Crippen LogP contribution in [0.25, 0.3) is 11.0 Å². The fraction of sp³-hybridized carbons (Fsp3) is 0.118. The van der Waals surface area contributed by atoms with Crippen LogP contribution >= 0.6 is 0 Å². The molecule has 0 atom stereocenters. The number of aromatic amines is 1. The van der Waals surface area contributed by atoms with Gasteiger partial charge in [-0.25, -0.2) is 4.68 Å². The predicted molar refractivity (Wildman–Crippen MR) is 95.6 cm³/mol. The van der Waals surface area contributed by atoms with Crippen LogP contribution in [0.5, 0.6) is 0 Å². The van der Waals surface area contributed by atoms with E-state index in [-0.39, 0.29) is 10.7 Å². The minimum absolute atomic E-state index is 0.168. The van der Waals surface area contributed by atoms with Gasteiger partial charge in [0.1, 0.15) is 5.56 Å². The summed E-state index contributed by atoms with van der Waals surface area (Å²) in [5.41, 5.74) is -7.11. The number of aromatic nitrogens is 2. The number of nitro groups is 1. The molecule has 1 aromatic heterocycles. The number of nitrogens with one attached hydrogen (secondary N) is 2. The molecule has 0 aliphatic rings. The summed E-state index contributed by atoms with van der Waals surface area (Å²) in [6.45, 7) is 0. The van der Waals surface area contributed by atoms with Gasteiger partial charge in [0.05, 0.1) is 21.5 Å². The SMILES string of the molecule is O=C(Nn1c(=O)c(=O)[nH]c2cc(C(F)(F)F)c([N+](=O)[O-])cc21)c1ccc(C(F)(F)F)cc1. The highest BCUT2D eigenvalue weighted by atomic mass is 19.4. The van der Waals surface area contributed by atoms with Gasteiger partial charge >= 0.3 is 23.5 Å². The number of benzene rings is 2. The zero-order chi connectivity index (χ0) is 24.0. The average Bonchev–Trinajstić information content (AvgIpc) is 2.69. The molecule has 0 saturated carbocycles. The quantitative estimate of drug-likeness (QED) is 0.268. The second-order valence-corrected chi connectivity index (χ2v) is 6.25. The Labute approximate surface area is 171 Å². The number of carbonyl (C=O) groups excluding carboxylic acids is 1. The van der Waals surface area contributed by atoms with E-state index < -0.39 is 67.7 Å². The van der Waals surface area contributed by atoms with Crippen molar-refractivity contribution in [3.05, 3.63) is 83.9 Å². The third-order valence-corrected chi connectivity index (χ3v) is 4.19. The van der Waals surface area contributed by atoms with E-state index >= 15 is 0 Å². The van der Waals surface area contributed by atoms with Crippen molar-refractivity contribution in [1.29, 1.82) is 0 Å². The lowest BCUT2D eigenvalue weighted by molar-refractivity contribution is -0.387. The highest BCUT2D eigenvalue weighted by molar-refractivity contribution is 6.00. The van der Waals surface area contributed by atoms with Crippen LogP contribution in [0, 0.1) is 10.1 Å². The van der Waals surface area contributed by atoms with Crippen molar-refractivity contribution < 1.29 is 36.1 Å². The van der Waals surface area contributed by atoms with Crippen molar-refractivity contribution in [2.45, 2.75) is 12.4 Å². The number of amides is 1. The third-order valence-electron chi connectivity index (χ3n) is 4.19. The van der Waals surface area contributed by atoms with E-state index in [0.717, 1.165) is 12.1 Å². The van der Waals surface area contributed by atoms with Gasteiger partial charge in [0.2, 0.25) is 0 Å². The number of H-pyrrole nitrogens is 1. The Bertz CT molecular complexity index is 1360.